The molecule has 0 spiro atoms. The van der Waals surface area contributed by atoms with E-state index in [2.05, 4.69) is 14.8 Å². The van der Waals surface area contributed by atoms with Gasteiger partial charge in [-0.2, -0.15) is 0 Å². The van der Waals surface area contributed by atoms with Gasteiger partial charge in [-0.05, 0) is 37.8 Å². The highest BCUT2D eigenvalue weighted by molar-refractivity contribution is 7.99. The molecule has 6 nitrogen and oxygen atoms in total. The van der Waals surface area contributed by atoms with Crippen molar-refractivity contribution in [2.24, 2.45) is 0 Å². The van der Waals surface area contributed by atoms with Gasteiger partial charge in [0.15, 0.2) is 5.16 Å². The SMILES string of the molecule is O=C(CSc1nnc(C2CC2)n1Cc1ccco1)N1CCCC1. The number of likely N-dealkylation sites (tertiary alicyclic amines) is 1. The smallest absolute Gasteiger partial charge is 0.233 e. The quantitative estimate of drug-likeness (QED) is 0.761. The summed E-state index contributed by atoms with van der Waals surface area (Å²) in [7, 11) is 0. The summed E-state index contributed by atoms with van der Waals surface area (Å²) in [5, 5.41) is 9.50. The summed E-state index contributed by atoms with van der Waals surface area (Å²) in [5.41, 5.74) is 0. The first kappa shape index (κ1) is 14.8. The van der Waals surface area contributed by atoms with Crippen molar-refractivity contribution in [2.45, 2.75) is 43.3 Å². The highest BCUT2D eigenvalue weighted by atomic mass is 32.2. The van der Waals surface area contributed by atoms with Crippen molar-refractivity contribution < 1.29 is 9.21 Å². The van der Waals surface area contributed by atoms with Gasteiger partial charge in [0.05, 0.1) is 18.6 Å². The van der Waals surface area contributed by atoms with Crippen LogP contribution < -0.4 is 0 Å². The minimum atomic E-state index is 0.202. The van der Waals surface area contributed by atoms with Gasteiger partial charge in [0.25, 0.3) is 0 Å². The molecule has 2 aromatic rings. The number of carbonyl (C=O) groups is 1. The molecular formula is C16H20N4O2S. The van der Waals surface area contributed by atoms with Crippen molar-refractivity contribution in [1.29, 1.82) is 0 Å². The molecule has 122 valence electrons. The van der Waals surface area contributed by atoms with Gasteiger partial charge in [0.1, 0.15) is 11.6 Å². The molecular weight excluding hydrogens is 312 g/mol. The molecule has 0 bridgehead atoms. The number of amides is 1. The summed E-state index contributed by atoms with van der Waals surface area (Å²) in [6.45, 7) is 2.42. The molecule has 0 atom stereocenters. The van der Waals surface area contributed by atoms with Gasteiger partial charge in [0, 0.05) is 19.0 Å². The van der Waals surface area contributed by atoms with E-state index in [1.807, 2.05) is 17.0 Å². The Balaban J connectivity index is 1.47. The van der Waals surface area contributed by atoms with E-state index in [0.29, 0.717) is 18.2 Å². The lowest BCUT2D eigenvalue weighted by Gasteiger charge is -2.14. The number of hydrogen-bond donors (Lipinski definition) is 0. The van der Waals surface area contributed by atoms with Crippen LogP contribution in [-0.2, 0) is 11.3 Å². The number of aromatic nitrogens is 3. The second-order valence-electron chi connectivity index (χ2n) is 6.16. The predicted octanol–water partition coefficient (Wildman–Crippen LogP) is 2.51. The normalized spacial score (nSPS) is 17.8. The number of carbonyl (C=O) groups excluding carboxylic acids is 1. The van der Waals surface area contributed by atoms with Crippen LogP contribution >= 0.6 is 11.8 Å². The first-order valence-corrected chi connectivity index (χ1v) is 9.16. The van der Waals surface area contributed by atoms with Gasteiger partial charge in [-0.25, -0.2) is 0 Å². The van der Waals surface area contributed by atoms with Crippen molar-refractivity contribution in [3.63, 3.8) is 0 Å². The first-order valence-electron chi connectivity index (χ1n) is 8.17. The summed E-state index contributed by atoms with van der Waals surface area (Å²) in [6, 6.07) is 3.85. The van der Waals surface area contributed by atoms with Crippen LogP contribution in [0.15, 0.2) is 28.0 Å². The van der Waals surface area contributed by atoms with Gasteiger partial charge in [-0.3, -0.25) is 9.36 Å². The van der Waals surface area contributed by atoms with Gasteiger partial charge in [-0.15, -0.1) is 10.2 Å². The third-order valence-corrected chi connectivity index (χ3v) is 5.32. The van der Waals surface area contributed by atoms with Crippen molar-refractivity contribution in [3.05, 3.63) is 30.0 Å². The lowest BCUT2D eigenvalue weighted by Crippen LogP contribution is -2.29. The van der Waals surface area contributed by atoms with Crippen molar-refractivity contribution in [3.8, 4) is 0 Å². The van der Waals surface area contributed by atoms with Crippen LogP contribution in [0, 0.1) is 0 Å². The predicted molar refractivity (Wildman–Crippen MR) is 86.3 cm³/mol. The highest BCUT2D eigenvalue weighted by Gasteiger charge is 2.31. The Morgan fingerprint density at radius 2 is 2.13 bits per heavy atom. The van der Waals surface area contributed by atoms with E-state index in [1.165, 1.54) is 24.6 Å². The average molecular weight is 332 g/mol. The molecule has 1 aliphatic carbocycles. The fraction of sp³-hybridized carbons (Fsp3) is 0.562. The van der Waals surface area contributed by atoms with Crippen LogP contribution in [0.4, 0.5) is 0 Å². The van der Waals surface area contributed by atoms with Crippen LogP contribution in [0.5, 0.6) is 0 Å². The zero-order valence-electron chi connectivity index (χ0n) is 13.0. The molecule has 7 heteroatoms. The second kappa shape index (κ2) is 6.39. The molecule has 2 aromatic heterocycles. The lowest BCUT2D eigenvalue weighted by molar-refractivity contribution is -0.127. The fourth-order valence-electron chi connectivity index (χ4n) is 2.94. The monoisotopic (exact) mass is 332 g/mol. The Kier molecular flexibility index (Phi) is 4.11. The Morgan fingerprint density at radius 3 is 2.83 bits per heavy atom. The summed E-state index contributed by atoms with van der Waals surface area (Å²) < 4.78 is 7.57. The molecule has 0 N–H and O–H groups in total. The molecule has 2 fully saturated rings. The molecule has 2 aliphatic rings. The third kappa shape index (κ3) is 3.29. The minimum absolute atomic E-state index is 0.202. The van der Waals surface area contributed by atoms with Gasteiger partial charge >= 0.3 is 0 Å². The number of furan rings is 1. The molecule has 1 aliphatic heterocycles. The second-order valence-corrected chi connectivity index (χ2v) is 7.10. The van der Waals surface area contributed by atoms with Gasteiger partial charge < -0.3 is 9.32 Å². The highest BCUT2D eigenvalue weighted by Crippen LogP contribution is 2.40. The number of thioether (sulfide) groups is 1. The number of nitrogens with zero attached hydrogens (tertiary/aromatic N) is 4. The summed E-state index contributed by atoms with van der Waals surface area (Å²) in [4.78, 5) is 14.2. The molecule has 3 heterocycles. The largest absolute Gasteiger partial charge is 0.467 e. The number of rotatable bonds is 6. The molecule has 1 amide bonds. The Morgan fingerprint density at radius 1 is 1.30 bits per heavy atom. The molecule has 4 rings (SSSR count). The van der Waals surface area contributed by atoms with E-state index in [0.717, 1.165) is 42.7 Å². The zero-order chi connectivity index (χ0) is 15.6. The fourth-order valence-corrected chi connectivity index (χ4v) is 3.79. The van der Waals surface area contributed by atoms with Crippen LogP contribution in [0.2, 0.25) is 0 Å². The minimum Gasteiger partial charge on any atom is -0.467 e. The van der Waals surface area contributed by atoms with Crippen LogP contribution in [-0.4, -0.2) is 44.4 Å². The maximum Gasteiger partial charge on any atom is 0.233 e. The van der Waals surface area contributed by atoms with E-state index in [-0.39, 0.29) is 5.91 Å². The zero-order valence-corrected chi connectivity index (χ0v) is 13.8. The van der Waals surface area contributed by atoms with E-state index in [1.54, 1.807) is 6.26 Å². The van der Waals surface area contributed by atoms with Gasteiger partial charge in [0.2, 0.25) is 5.91 Å². The van der Waals surface area contributed by atoms with E-state index < -0.39 is 0 Å². The molecule has 0 radical (unpaired) electrons. The Labute approximate surface area is 139 Å². The molecule has 1 saturated carbocycles. The lowest BCUT2D eigenvalue weighted by atomic mass is 10.3. The van der Waals surface area contributed by atoms with E-state index >= 15 is 0 Å². The van der Waals surface area contributed by atoms with Crippen molar-refractivity contribution >= 4 is 17.7 Å². The molecule has 0 unspecified atom stereocenters. The molecule has 1 saturated heterocycles. The van der Waals surface area contributed by atoms with Crippen molar-refractivity contribution in [2.75, 3.05) is 18.8 Å². The van der Waals surface area contributed by atoms with Crippen LogP contribution in [0.1, 0.15) is 43.2 Å². The Hall–Kier alpha value is -1.76. The van der Waals surface area contributed by atoms with E-state index in [9.17, 15) is 4.79 Å². The Bertz CT molecular complexity index is 672. The van der Waals surface area contributed by atoms with Crippen LogP contribution in [0.25, 0.3) is 0 Å². The van der Waals surface area contributed by atoms with E-state index in [4.69, 9.17) is 4.42 Å². The average Bonchev–Trinajstić information content (AvgIpc) is 3.02. The van der Waals surface area contributed by atoms with Gasteiger partial charge in [-0.1, -0.05) is 11.8 Å². The molecule has 23 heavy (non-hydrogen) atoms. The standard InChI is InChI=1S/C16H20N4O2S/c21-14(19-7-1-2-8-19)11-23-16-18-17-15(12-5-6-12)20(16)10-13-4-3-9-22-13/h3-4,9,12H,1-2,5-8,10-11H2. The van der Waals surface area contributed by atoms with Crippen molar-refractivity contribution in [1.82, 2.24) is 19.7 Å². The first-order chi connectivity index (χ1) is 11.3. The summed E-state index contributed by atoms with van der Waals surface area (Å²) >= 11 is 1.49. The topological polar surface area (TPSA) is 64.2 Å². The maximum absolute atomic E-state index is 12.2. The summed E-state index contributed by atoms with van der Waals surface area (Å²) in [6.07, 6.45) is 6.27. The van der Waals surface area contributed by atoms with Crippen LogP contribution in [0.3, 0.4) is 0 Å². The maximum atomic E-state index is 12.2. The molecule has 0 aromatic carbocycles. The number of hydrogen-bond acceptors (Lipinski definition) is 5. The summed E-state index contributed by atoms with van der Waals surface area (Å²) in [5.74, 6) is 3.06. The third-order valence-electron chi connectivity index (χ3n) is 4.37.